The first-order chi connectivity index (χ1) is 6.60. The molecule has 3 N–H and O–H groups in total. The van der Waals surface area contributed by atoms with Crippen molar-refractivity contribution < 1.29 is 14.6 Å². The molecule has 0 amide bonds. The van der Waals surface area contributed by atoms with E-state index in [1.807, 2.05) is 0 Å². The SMILES string of the molecule is COc1c(Br)cc(C(=O)O)cc1CN.Cl. The van der Waals surface area contributed by atoms with Gasteiger partial charge in [0.1, 0.15) is 5.75 Å². The molecule has 0 aromatic heterocycles. The highest BCUT2D eigenvalue weighted by atomic mass is 79.9. The molecule has 0 aliphatic heterocycles. The van der Waals surface area contributed by atoms with Gasteiger partial charge in [0.05, 0.1) is 17.1 Å². The summed E-state index contributed by atoms with van der Waals surface area (Å²) in [5.41, 5.74) is 6.33. The number of carboxylic acid groups (broad SMARTS) is 1. The van der Waals surface area contributed by atoms with E-state index in [1.165, 1.54) is 19.2 Å². The molecule has 1 aromatic rings. The minimum absolute atomic E-state index is 0. The van der Waals surface area contributed by atoms with Crippen molar-refractivity contribution in [1.82, 2.24) is 0 Å². The van der Waals surface area contributed by atoms with Gasteiger partial charge in [-0.3, -0.25) is 0 Å². The number of hydrogen-bond donors (Lipinski definition) is 2. The second kappa shape index (κ2) is 5.95. The molecular weight excluding hydrogens is 285 g/mol. The summed E-state index contributed by atoms with van der Waals surface area (Å²) in [6.45, 7) is 0.239. The molecule has 0 saturated carbocycles. The van der Waals surface area contributed by atoms with Crippen LogP contribution >= 0.6 is 28.3 Å². The Balaban J connectivity index is 0.00000196. The molecule has 0 radical (unpaired) electrons. The van der Waals surface area contributed by atoms with Gasteiger partial charge in [0.2, 0.25) is 0 Å². The Morgan fingerprint density at radius 1 is 1.60 bits per heavy atom. The zero-order valence-electron chi connectivity index (χ0n) is 7.99. The van der Waals surface area contributed by atoms with Crippen molar-refractivity contribution in [3.8, 4) is 5.75 Å². The number of aromatic carboxylic acids is 1. The van der Waals surface area contributed by atoms with Crippen LogP contribution in [0.15, 0.2) is 16.6 Å². The monoisotopic (exact) mass is 295 g/mol. The average Bonchev–Trinajstić information content (AvgIpc) is 2.16. The lowest BCUT2D eigenvalue weighted by molar-refractivity contribution is 0.0696. The van der Waals surface area contributed by atoms with Crippen LogP contribution < -0.4 is 10.5 Å². The summed E-state index contributed by atoms with van der Waals surface area (Å²) in [5.74, 6) is -0.402. The van der Waals surface area contributed by atoms with Gasteiger partial charge in [-0.05, 0) is 28.1 Å². The second-order valence-electron chi connectivity index (χ2n) is 2.66. The predicted molar refractivity (Wildman–Crippen MR) is 62.8 cm³/mol. The van der Waals surface area contributed by atoms with Crippen molar-refractivity contribution >= 4 is 34.3 Å². The lowest BCUT2D eigenvalue weighted by Crippen LogP contribution is -2.04. The summed E-state index contributed by atoms with van der Waals surface area (Å²) < 4.78 is 5.68. The van der Waals surface area contributed by atoms with Gasteiger partial charge < -0.3 is 15.6 Å². The van der Waals surface area contributed by atoms with E-state index >= 15 is 0 Å². The zero-order valence-corrected chi connectivity index (χ0v) is 10.4. The Morgan fingerprint density at radius 2 is 2.20 bits per heavy atom. The molecule has 0 aliphatic carbocycles. The highest BCUT2D eigenvalue weighted by molar-refractivity contribution is 9.10. The average molecular weight is 297 g/mol. The molecule has 0 heterocycles. The van der Waals surface area contributed by atoms with Crippen LogP contribution in [0.25, 0.3) is 0 Å². The third-order valence-electron chi connectivity index (χ3n) is 1.79. The first-order valence-electron chi connectivity index (χ1n) is 3.90. The summed E-state index contributed by atoms with van der Waals surface area (Å²) in [4.78, 5) is 10.7. The van der Waals surface area contributed by atoms with Crippen molar-refractivity contribution in [2.24, 2.45) is 5.73 Å². The fraction of sp³-hybridized carbons (Fsp3) is 0.222. The van der Waals surface area contributed by atoms with Crippen molar-refractivity contribution in [2.75, 3.05) is 7.11 Å². The van der Waals surface area contributed by atoms with Gasteiger partial charge in [0.25, 0.3) is 0 Å². The van der Waals surface area contributed by atoms with E-state index in [1.54, 1.807) is 0 Å². The molecule has 0 fully saturated rings. The third kappa shape index (κ3) is 3.09. The van der Waals surface area contributed by atoms with E-state index in [0.29, 0.717) is 15.8 Å². The van der Waals surface area contributed by atoms with Crippen LogP contribution in [0.4, 0.5) is 0 Å². The standard InChI is InChI=1S/C9H10BrNO3.ClH/c1-14-8-6(4-11)2-5(9(12)13)3-7(8)10;/h2-3H,4,11H2,1H3,(H,12,13);1H. The van der Waals surface area contributed by atoms with Gasteiger partial charge in [-0.15, -0.1) is 12.4 Å². The summed E-state index contributed by atoms with van der Waals surface area (Å²) in [6, 6.07) is 2.99. The smallest absolute Gasteiger partial charge is 0.335 e. The maximum absolute atomic E-state index is 10.7. The molecule has 1 rings (SSSR count). The van der Waals surface area contributed by atoms with Crippen LogP contribution in [0.1, 0.15) is 15.9 Å². The van der Waals surface area contributed by atoms with Gasteiger partial charge in [-0.25, -0.2) is 4.79 Å². The third-order valence-corrected chi connectivity index (χ3v) is 2.38. The number of methoxy groups -OCH3 is 1. The Kier molecular flexibility index (Phi) is 5.64. The van der Waals surface area contributed by atoms with Gasteiger partial charge in [-0.1, -0.05) is 0 Å². The van der Waals surface area contributed by atoms with Crippen molar-refractivity contribution in [3.63, 3.8) is 0 Å². The van der Waals surface area contributed by atoms with Crippen LogP contribution in [0, 0.1) is 0 Å². The fourth-order valence-corrected chi connectivity index (χ4v) is 1.82. The molecule has 0 spiro atoms. The molecule has 0 atom stereocenters. The number of ether oxygens (including phenoxy) is 1. The molecular formula is C9H11BrClNO3. The Morgan fingerprint density at radius 3 is 2.60 bits per heavy atom. The van der Waals surface area contributed by atoms with E-state index in [4.69, 9.17) is 15.6 Å². The number of rotatable bonds is 3. The maximum atomic E-state index is 10.7. The molecule has 0 unspecified atom stereocenters. The fourth-order valence-electron chi connectivity index (χ4n) is 1.15. The molecule has 15 heavy (non-hydrogen) atoms. The quantitative estimate of drug-likeness (QED) is 0.895. The summed E-state index contributed by atoms with van der Waals surface area (Å²) >= 11 is 3.22. The molecule has 0 aliphatic rings. The van der Waals surface area contributed by atoms with Gasteiger partial charge in [-0.2, -0.15) is 0 Å². The van der Waals surface area contributed by atoms with Gasteiger partial charge >= 0.3 is 5.97 Å². The van der Waals surface area contributed by atoms with E-state index in [2.05, 4.69) is 15.9 Å². The highest BCUT2D eigenvalue weighted by Gasteiger charge is 2.12. The lowest BCUT2D eigenvalue weighted by Gasteiger charge is -2.09. The van der Waals surface area contributed by atoms with E-state index in [-0.39, 0.29) is 24.5 Å². The van der Waals surface area contributed by atoms with E-state index < -0.39 is 5.97 Å². The topological polar surface area (TPSA) is 72.5 Å². The molecule has 84 valence electrons. The van der Waals surface area contributed by atoms with Crippen LogP contribution in [-0.4, -0.2) is 18.2 Å². The van der Waals surface area contributed by atoms with E-state index in [0.717, 1.165) is 0 Å². The largest absolute Gasteiger partial charge is 0.495 e. The first-order valence-corrected chi connectivity index (χ1v) is 4.69. The molecule has 4 nitrogen and oxygen atoms in total. The number of carbonyl (C=O) groups is 1. The van der Waals surface area contributed by atoms with Gasteiger partial charge in [0, 0.05) is 12.1 Å². The molecule has 0 bridgehead atoms. The summed E-state index contributed by atoms with van der Waals surface area (Å²) in [6.07, 6.45) is 0. The zero-order chi connectivity index (χ0) is 10.7. The number of halogens is 2. The maximum Gasteiger partial charge on any atom is 0.335 e. The predicted octanol–water partition coefficient (Wildman–Crippen LogP) is 2.04. The molecule has 6 heteroatoms. The van der Waals surface area contributed by atoms with Crippen LogP contribution in [0.3, 0.4) is 0 Å². The van der Waals surface area contributed by atoms with Crippen molar-refractivity contribution in [3.05, 3.63) is 27.7 Å². The van der Waals surface area contributed by atoms with Crippen LogP contribution in [0.5, 0.6) is 5.75 Å². The number of nitrogens with two attached hydrogens (primary N) is 1. The van der Waals surface area contributed by atoms with E-state index in [9.17, 15) is 4.79 Å². The number of benzene rings is 1. The van der Waals surface area contributed by atoms with Crippen LogP contribution in [-0.2, 0) is 6.54 Å². The number of hydrogen-bond acceptors (Lipinski definition) is 3. The Bertz CT molecular complexity index is 371. The van der Waals surface area contributed by atoms with Crippen molar-refractivity contribution in [1.29, 1.82) is 0 Å². The van der Waals surface area contributed by atoms with Crippen molar-refractivity contribution in [2.45, 2.75) is 6.54 Å². The lowest BCUT2D eigenvalue weighted by atomic mass is 10.1. The summed E-state index contributed by atoms with van der Waals surface area (Å²) in [7, 11) is 1.51. The Labute approximate surface area is 102 Å². The second-order valence-corrected chi connectivity index (χ2v) is 3.51. The minimum atomic E-state index is -0.983. The first kappa shape index (κ1) is 14.2. The molecule has 1 aromatic carbocycles. The minimum Gasteiger partial charge on any atom is -0.495 e. The summed E-state index contributed by atoms with van der Waals surface area (Å²) in [5, 5.41) is 8.79. The van der Waals surface area contributed by atoms with Gasteiger partial charge in [0.15, 0.2) is 0 Å². The molecule has 0 saturated heterocycles. The number of carboxylic acids is 1. The van der Waals surface area contributed by atoms with Crippen LogP contribution in [0.2, 0.25) is 0 Å². The normalized spacial score (nSPS) is 9.27. The Hall–Kier alpha value is -0.780. The highest BCUT2D eigenvalue weighted by Crippen LogP contribution is 2.30.